The van der Waals surface area contributed by atoms with E-state index in [1.54, 1.807) is 19.2 Å². The summed E-state index contributed by atoms with van der Waals surface area (Å²) in [4.78, 5) is 12.3. The van der Waals surface area contributed by atoms with Gasteiger partial charge in [0.2, 0.25) is 10.0 Å². The van der Waals surface area contributed by atoms with Crippen molar-refractivity contribution < 1.29 is 17.9 Å². The summed E-state index contributed by atoms with van der Waals surface area (Å²) in [6.07, 6.45) is 0. The summed E-state index contributed by atoms with van der Waals surface area (Å²) in [7, 11) is -0.775. The first-order chi connectivity index (χ1) is 11.4. The molecule has 0 radical (unpaired) electrons. The van der Waals surface area contributed by atoms with Crippen LogP contribution in [0.15, 0.2) is 47.4 Å². The zero-order valence-corrected chi connectivity index (χ0v) is 14.7. The molecule has 2 aromatic rings. The van der Waals surface area contributed by atoms with Crippen molar-refractivity contribution >= 4 is 27.5 Å². The summed E-state index contributed by atoms with van der Waals surface area (Å²) in [6.45, 7) is 0.280. The Morgan fingerprint density at radius 2 is 1.83 bits per heavy atom. The highest BCUT2D eigenvalue weighted by Crippen LogP contribution is 2.20. The molecule has 0 aromatic heterocycles. The van der Waals surface area contributed by atoms with Gasteiger partial charge in [0.15, 0.2) is 0 Å². The Morgan fingerprint density at radius 3 is 2.42 bits per heavy atom. The van der Waals surface area contributed by atoms with Crippen molar-refractivity contribution in [1.29, 1.82) is 0 Å². The predicted molar refractivity (Wildman–Crippen MR) is 91.9 cm³/mol. The van der Waals surface area contributed by atoms with E-state index in [0.29, 0.717) is 0 Å². The molecule has 1 amide bonds. The van der Waals surface area contributed by atoms with Crippen molar-refractivity contribution in [3.8, 4) is 5.75 Å². The standard InChI is InChI=1S/C16H17ClN2O4S/c1-18-24(21,22)13-7-8-15(17)14(9-13)16(20)19-10-11-3-5-12(23-2)6-4-11/h3-9,18H,10H2,1-2H3,(H,19,20). The number of benzene rings is 2. The van der Waals surface area contributed by atoms with Crippen LogP contribution < -0.4 is 14.8 Å². The van der Waals surface area contributed by atoms with E-state index in [4.69, 9.17) is 16.3 Å². The zero-order chi connectivity index (χ0) is 17.7. The number of hydrogen-bond acceptors (Lipinski definition) is 4. The third kappa shape index (κ3) is 4.25. The molecule has 8 heteroatoms. The van der Waals surface area contributed by atoms with Gasteiger partial charge < -0.3 is 10.1 Å². The molecule has 0 saturated heterocycles. The molecule has 0 aliphatic rings. The van der Waals surface area contributed by atoms with Crippen LogP contribution in [0.3, 0.4) is 0 Å². The van der Waals surface area contributed by atoms with Crippen LogP contribution in [-0.2, 0) is 16.6 Å². The monoisotopic (exact) mass is 368 g/mol. The maximum atomic E-state index is 12.3. The topological polar surface area (TPSA) is 84.5 Å². The molecule has 128 valence electrons. The van der Waals surface area contributed by atoms with Gasteiger partial charge in [-0.25, -0.2) is 13.1 Å². The maximum absolute atomic E-state index is 12.3. The van der Waals surface area contributed by atoms with E-state index >= 15 is 0 Å². The van der Waals surface area contributed by atoms with E-state index in [0.717, 1.165) is 11.3 Å². The van der Waals surface area contributed by atoms with Crippen molar-refractivity contribution in [2.45, 2.75) is 11.4 Å². The van der Waals surface area contributed by atoms with Crippen LogP contribution in [-0.4, -0.2) is 28.5 Å². The average Bonchev–Trinajstić information content (AvgIpc) is 2.60. The molecule has 0 heterocycles. The second-order valence-corrected chi connectivity index (χ2v) is 7.17. The van der Waals surface area contributed by atoms with Crippen LogP contribution in [0, 0.1) is 0 Å². The Labute approximate surface area is 145 Å². The van der Waals surface area contributed by atoms with E-state index in [1.165, 1.54) is 25.2 Å². The summed E-state index contributed by atoms with van der Waals surface area (Å²) < 4.78 is 30.9. The lowest BCUT2D eigenvalue weighted by Gasteiger charge is -2.09. The highest BCUT2D eigenvalue weighted by Gasteiger charge is 2.17. The van der Waals surface area contributed by atoms with E-state index in [9.17, 15) is 13.2 Å². The lowest BCUT2D eigenvalue weighted by Crippen LogP contribution is -2.24. The normalized spacial score (nSPS) is 11.1. The summed E-state index contributed by atoms with van der Waals surface area (Å²) in [5.41, 5.74) is 0.973. The summed E-state index contributed by atoms with van der Waals surface area (Å²) >= 11 is 6.01. The largest absolute Gasteiger partial charge is 0.497 e. The SMILES string of the molecule is CNS(=O)(=O)c1ccc(Cl)c(C(=O)NCc2ccc(OC)cc2)c1. The number of hydrogen-bond donors (Lipinski definition) is 2. The minimum atomic E-state index is -3.65. The molecule has 24 heavy (non-hydrogen) atoms. The Hall–Kier alpha value is -2.09. The number of nitrogens with one attached hydrogen (secondary N) is 2. The number of ether oxygens (including phenoxy) is 1. The minimum Gasteiger partial charge on any atom is -0.497 e. The van der Waals surface area contributed by atoms with Gasteiger partial charge in [0.05, 0.1) is 22.6 Å². The second-order valence-electron chi connectivity index (χ2n) is 4.88. The van der Waals surface area contributed by atoms with E-state index in [1.807, 2.05) is 12.1 Å². The Bertz CT molecular complexity index is 836. The number of methoxy groups -OCH3 is 1. The summed E-state index contributed by atoms with van der Waals surface area (Å²) in [5.74, 6) is 0.266. The van der Waals surface area contributed by atoms with E-state index in [-0.39, 0.29) is 22.0 Å². The highest BCUT2D eigenvalue weighted by molar-refractivity contribution is 7.89. The molecule has 6 nitrogen and oxygen atoms in total. The number of carbonyl (C=O) groups is 1. The predicted octanol–water partition coefficient (Wildman–Crippen LogP) is 2.19. The van der Waals surface area contributed by atoms with Gasteiger partial charge in [-0.3, -0.25) is 4.79 Å². The van der Waals surface area contributed by atoms with Gasteiger partial charge in [-0.05, 0) is 42.9 Å². The molecular formula is C16H17ClN2O4S. The zero-order valence-electron chi connectivity index (χ0n) is 13.2. The van der Waals surface area contributed by atoms with Gasteiger partial charge in [-0.15, -0.1) is 0 Å². The third-order valence-electron chi connectivity index (χ3n) is 3.37. The van der Waals surface area contributed by atoms with Crippen LogP contribution in [0.5, 0.6) is 5.75 Å². The van der Waals surface area contributed by atoms with Gasteiger partial charge in [0.25, 0.3) is 5.91 Å². The van der Waals surface area contributed by atoms with Crippen molar-refractivity contribution in [2.75, 3.05) is 14.2 Å². The lowest BCUT2D eigenvalue weighted by atomic mass is 10.2. The number of carbonyl (C=O) groups excluding carboxylic acids is 1. The maximum Gasteiger partial charge on any atom is 0.253 e. The molecule has 0 bridgehead atoms. The number of halogens is 1. The van der Waals surface area contributed by atoms with Crippen molar-refractivity contribution in [1.82, 2.24) is 10.0 Å². The Morgan fingerprint density at radius 1 is 1.17 bits per heavy atom. The first kappa shape index (κ1) is 18.3. The molecular weight excluding hydrogens is 352 g/mol. The van der Waals surface area contributed by atoms with Crippen molar-refractivity contribution in [3.63, 3.8) is 0 Å². The third-order valence-corrected chi connectivity index (χ3v) is 5.12. The van der Waals surface area contributed by atoms with Gasteiger partial charge in [0, 0.05) is 6.54 Å². The van der Waals surface area contributed by atoms with Crippen LogP contribution in [0.25, 0.3) is 0 Å². The van der Waals surface area contributed by atoms with Gasteiger partial charge >= 0.3 is 0 Å². The minimum absolute atomic E-state index is 0.0241. The first-order valence-corrected chi connectivity index (χ1v) is 8.87. The quantitative estimate of drug-likeness (QED) is 0.818. The fourth-order valence-electron chi connectivity index (χ4n) is 1.98. The van der Waals surface area contributed by atoms with Gasteiger partial charge in [-0.1, -0.05) is 23.7 Å². The fourth-order valence-corrected chi connectivity index (χ4v) is 2.94. The Kier molecular flexibility index (Phi) is 5.82. The molecule has 2 N–H and O–H groups in total. The van der Waals surface area contributed by atoms with Crippen LogP contribution in [0.2, 0.25) is 5.02 Å². The number of rotatable bonds is 6. The number of sulfonamides is 1. The Balaban J connectivity index is 2.15. The van der Waals surface area contributed by atoms with Crippen molar-refractivity contribution in [2.24, 2.45) is 0 Å². The van der Waals surface area contributed by atoms with Crippen LogP contribution >= 0.6 is 11.6 Å². The second kappa shape index (κ2) is 7.65. The molecule has 0 saturated carbocycles. The van der Waals surface area contributed by atoms with E-state index in [2.05, 4.69) is 10.0 Å². The van der Waals surface area contributed by atoms with E-state index < -0.39 is 15.9 Å². The molecule has 0 fully saturated rings. The molecule has 0 aliphatic carbocycles. The van der Waals surface area contributed by atoms with Gasteiger partial charge in [0.1, 0.15) is 5.75 Å². The fraction of sp³-hybridized carbons (Fsp3) is 0.188. The molecule has 2 aromatic carbocycles. The van der Waals surface area contributed by atoms with Crippen LogP contribution in [0.1, 0.15) is 15.9 Å². The molecule has 0 aliphatic heterocycles. The van der Waals surface area contributed by atoms with Crippen LogP contribution in [0.4, 0.5) is 0 Å². The van der Waals surface area contributed by atoms with Crippen molar-refractivity contribution in [3.05, 3.63) is 58.6 Å². The smallest absolute Gasteiger partial charge is 0.253 e. The number of amides is 1. The first-order valence-electron chi connectivity index (χ1n) is 7.01. The molecule has 0 unspecified atom stereocenters. The summed E-state index contributed by atoms with van der Waals surface area (Å²) in [6, 6.07) is 11.2. The van der Waals surface area contributed by atoms with Gasteiger partial charge in [-0.2, -0.15) is 0 Å². The average molecular weight is 369 g/mol. The highest BCUT2D eigenvalue weighted by atomic mass is 35.5. The molecule has 0 spiro atoms. The molecule has 2 rings (SSSR count). The lowest BCUT2D eigenvalue weighted by molar-refractivity contribution is 0.0951. The molecule has 0 atom stereocenters. The summed E-state index contributed by atoms with van der Waals surface area (Å²) in [5, 5.41) is 2.89.